The second kappa shape index (κ2) is 6.51. The molecule has 0 atom stereocenters. The van der Waals surface area contributed by atoms with Crippen LogP contribution in [0.5, 0.6) is 0 Å². The number of carbonyl (C=O) groups is 1. The van der Waals surface area contributed by atoms with Crippen LogP contribution in [0, 0.1) is 0 Å². The minimum absolute atomic E-state index is 0.00121. The van der Waals surface area contributed by atoms with Gasteiger partial charge in [-0.3, -0.25) is 4.90 Å². The number of urea groups is 1. The van der Waals surface area contributed by atoms with E-state index in [1.165, 1.54) is 7.05 Å². The minimum atomic E-state index is -4.98. The van der Waals surface area contributed by atoms with Crippen LogP contribution < -0.4 is 4.90 Å². The Morgan fingerprint density at radius 1 is 1.09 bits per heavy atom. The van der Waals surface area contributed by atoms with Crippen LogP contribution in [0.25, 0.3) is 0 Å². The van der Waals surface area contributed by atoms with Crippen molar-refractivity contribution in [2.24, 2.45) is 0 Å². The molecule has 0 heterocycles. The minimum Gasteiger partial charge on any atom is -0.327 e. The first-order valence-electron chi connectivity index (χ1n) is 6.38. The van der Waals surface area contributed by atoms with Crippen LogP contribution >= 0.6 is 0 Å². The largest absolute Gasteiger partial charge is 0.416 e. The third-order valence-corrected chi connectivity index (χ3v) is 3.04. The molecule has 3 nitrogen and oxygen atoms in total. The predicted molar refractivity (Wildman–Crippen MR) is 72.8 cm³/mol. The van der Waals surface area contributed by atoms with Crippen LogP contribution in [-0.4, -0.2) is 24.5 Å². The van der Waals surface area contributed by atoms with Crippen molar-refractivity contribution in [3.05, 3.63) is 42.1 Å². The summed E-state index contributed by atoms with van der Waals surface area (Å²) in [6, 6.07) is 0.144. The first-order valence-corrected chi connectivity index (χ1v) is 6.38. The van der Waals surface area contributed by atoms with Gasteiger partial charge in [0.1, 0.15) is 0 Å². The molecule has 128 valence electrons. The number of benzene rings is 1. The Morgan fingerprint density at radius 2 is 1.52 bits per heavy atom. The molecule has 0 spiro atoms. The molecule has 1 aromatic carbocycles. The Kier molecular flexibility index (Phi) is 5.34. The van der Waals surface area contributed by atoms with Gasteiger partial charge in [-0.2, -0.15) is 26.3 Å². The number of anilines is 1. The number of alkyl halides is 6. The Morgan fingerprint density at radius 3 is 1.83 bits per heavy atom. The zero-order valence-electron chi connectivity index (χ0n) is 12.3. The summed E-state index contributed by atoms with van der Waals surface area (Å²) in [4.78, 5) is 13.8. The average Bonchev–Trinajstić information content (AvgIpc) is 2.44. The summed E-state index contributed by atoms with van der Waals surface area (Å²) in [7, 11) is 1.36. The van der Waals surface area contributed by atoms with Crippen molar-refractivity contribution in [2.45, 2.75) is 19.3 Å². The SMILES string of the molecule is C=CN(C(=O)N(C)CC)c1cc(C(F)(F)F)cc(C(F)(F)F)c1. The molecule has 0 radical (unpaired) electrons. The number of carbonyl (C=O) groups excluding carboxylic acids is 1. The van der Waals surface area contributed by atoms with Crippen molar-refractivity contribution in [2.75, 3.05) is 18.5 Å². The van der Waals surface area contributed by atoms with E-state index in [0.717, 1.165) is 11.1 Å². The van der Waals surface area contributed by atoms with Crippen LogP contribution in [0.15, 0.2) is 31.0 Å². The predicted octanol–water partition coefficient (Wildman–Crippen LogP) is 4.75. The molecule has 0 aromatic heterocycles. The molecule has 0 unspecified atom stereocenters. The van der Waals surface area contributed by atoms with Gasteiger partial charge in [0.2, 0.25) is 0 Å². The second-order valence-electron chi connectivity index (χ2n) is 4.61. The van der Waals surface area contributed by atoms with Crippen molar-refractivity contribution in [1.82, 2.24) is 4.90 Å². The zero-order valence-corrected chi connectivity index (χ0v) is 12.3. The number of nitrogens with zero attached hydrogens (tertiary/aromatic N) is 2. The first-order chi connectivity index (χ1) is 10.4. The van der Waals surface area contributed by atoms with E-state index < -0.39 is 35.2 Å². The van der Waals surface area contributed by atoms with E-state index in [2.05, 4.69) is 6.58 Å². The van der Waals surface area contributed by atoms with Crippen molar-refractivity contribution >= 4 is 11.7 Å². The molecule has 0 aliphatic carbocycles. The number of halogens is 6. The molecular weight excluding hydrogens is 326 g/mol. The van der Waals surface area contributed by atoms with E-state index in [-0.39, 0.29) is 12.6 Å². The maximum Gasteiger partial charge on any atom is 0.416 e. The van der Waals surface area contributed by atoms with Gasteiger partial charge in [0.05, 0.1) is 16.8 Å². The summed E-state index contributed by atoms with van der Waals surface area (Å²) in [6.07, 6.45) is -9.10. The summed E-state index contributed by atoms with van der Waals surface area (Å²) in [6.45, 7) is 5.09. The Labute approximate surface area is 128 Å². The van der Waals surface area contributed by atoms with E-state index >= 15 is 0 Å². The fourth-order valence-electron chi connectivity index (χ4n) is 1.69. The van der Waals surface area contributed by atoms with Crippen molar-refractivity contribution in [3.63, 3.8) is 0 Å². The van der Waals surface area contributed by atoms with Gasteiger partial charge in [0.25, 0.3) is 0 Å². The maximum atomic E-state index is 12.8. The van der Waals surface area contributed by atoms with E-state index in [1.54, 1.807) is 6.92 Å². The standard InChI is InChI=1S/C14H14F6N2O/c1-4-21(3)12(23)22(5-2)11-7-9(13(15,16)17)6-10(8-11)14(18,19)20/h5-8H,2,4H2,1,3H3. The Bertz CT molecular complexity index is 562. The Hall–Kier alpha value is -2.19. The molecular formula is C14H14F6N2O. The first kappa shape index (κ1) is 18.9. The van der Waals surface area contributed by atoms with Crippen LogP contribution in [0.2, 0.25) is 0 Å². The molecule has 2 amide bonds. The number of amides is 2. The molecule has 0 saturated carbocycles. The van der Waals surface area contributed by atoms with E-state index in [1.807, 2.05) is 0 Å². The molecule has 23 heavy (non-hydrogen) atoms. The monoisotopic (exact) mass is 340 g/mol. The number of rotatable bonds is 3. The lowest BCUT2D eigenvalue weighted by Gasteiger charge is -2.25. The summed E-state index contributed by atoms with van der Waals surface area (Å²) < 4.78 is 76.9. The molecule has 0 saturated heterocycles. The molecule has 1 aromatic rings. The average molecular weight is 340 g/mol. The van der Waals surface area contributed by atoms with Crippen LogP contribution in [0.1, 0.15) is 18.1 Å². The number of hydrogen-bond donors (Lipinski definition) is 0. The van der Waals surface area contributed by atoms with Gasteiger partial charge in [0, 0.05) is 19.8 Å². The van der Waals surface area contributed by atoms with Gasteiger partial charge in [-0.15, -0.1) is 0 Å². The lowest BCUT2D eigenvalue weighted by Crippen LogP contribution is -2.38. The highest BCUT2D eigenvalue weighted by Gasteiger charge is 2.37. The van der Waals surface area contributed by atoms with Crippen molar-refractivity contribution in [3.8, 4) is 0 Å². The summed E-state index contributed by atoms with van der Waals surface area (Å²) in [5, 5.41) is 0. The molecule has 0 aliphatic rings. The molecule has 0 aliphatic heterocycles. The van der Waals surface area contributed by atoms with Crippen LogP contribution in [-0.2, 0) is 12.4 Å². The fourth-order valence-corrected chi connectivity index (χ4v) is 1.69. The van der Waals surface area contributed by atoms with Gasteiger partial charge in [-0.25, -0.2) is 4.79 Å². The maximum absolute atomic E-state index is 12.8. The van der Waals surface area contributed by atoms with E-state index in [9.17, 15) is 31.1 Å². The normalized spacial score (nSPS) is 12.0. The second-order valence-corrected chi connectivity index (χ2v) is 4.61. The summed E-state index contributed by atoms with van der Waals surface area (Å²) in [5.74, 6) is 0. The lowest BCUT2D eigenvalue weighted by molar-refractivity contribution is -0.143. The fraction of sp³-hybridized carbons (Fsp3) is 0.357. The number of hydrogen-bond acceptors (Lipinski definition) is 1. The highest BCUT2D eigenvalue weighted by Crippen LogP contribution is 2.38. The highest BCUT2D eigenvalue weighted by molar-refractivity contribution is 5.93. The van der Waals surface area contributed by atoms with E-state index in [0.29, 0.717) is 17.0 Å². The van der Waals surface area contributed by atoms with Crippen LogP contribution in [0.3, 0.4) is 0 Å². The summed E-state index contributed by atoms with van der Waals surface area (Å²) >= 11 is 0. The van der Waals surface area contributed by atoms with Crippen molar-refractivity contribution < 1.29 is 31.1 Å². The third-order valence-electron chi connectivity index (χ3n) is 3.04. The lowest BCUT2D eigenvalue weighted by atomic mass is 10.1. The van der Waals surface area contributed by atoms with Gasteiger partial charge in [0.15, 0.2) is 0 Å². The van der Waals surface area contributed by atoms with Crippen molar-refractivity contribution in [1.29, 1.82) is 0 Å². The third kappa shape index (κ3) is 4.40. The van der Waals surface area contributed by atoms with E-state index in [4.69, 9.17) is 0 Å². The zero-order chi connectivity index (χ0) is 18.0. The molecule has 9 heteroatoms. The van der Waals surface area contributed by atoms with Crippen LogP contribution in [0.4, 0.5) is 36.8 Å². The van der Waals surface area contributed by atoms with Gasteiger partial charge >= 0.3 is 18.4 Å². The highest BCUT2D eigenvalue weighted by atomic mass is 19.4. The molecule has 0 N–H and O–H groups in total. The van der Waals surface area contributed by atoms with Gasteiger partial charge < -0.3 is 4.90 Å². The molecule has 0 fully saturated rings. The Balaban J connectivity index is 3.50. The smallest absolute Gasteiger partial charge is 0.327 e. The summed E-state index contributed by atoms with van der Waals surface area (Å²) in [5.41, 5.74) is -3.56. The van der Waals surface area contributed by atoms with Gasteiger partial charge in [-0.05, 0) is 25.1 Å². The molecule has 1 rings (SSSR count). The quantitative estimate of drug-likeness (QED) is 0.729. The topological polar surface area (TPSA) is 23.6 Å². The van der Waals surface area contributed by atoms with Gasteiger partial charge in [-0.1, -0.05) is 6.58 Å². The molecule has 0 bridgehead atoms.